The van der Waals surface area contributed by atoms with E-state index in [0.29, 0.717) is 25.4 Å². The molecule has 0 spiro atoms. The summed E-state index contributed by atoms with van der Waals surface area (Å²) in [4.78, 5) is 20.2. The van der Waals surface area contributed by atoms with E-state index in [9.17, 15) is 18.0 Å². The third kappa shape index (κ3) is 8.23. The van der Waals surface area contributed by atoms with E-state index in [4.69, 9.17) is 30.2 Å². The summed E-state index contributed by atoms with van der Waals surface area (Å²) in [6.07, 6.45) is -5.17. The maximum absolute atomic E-state index is 13.1. The van der Waals surface area contributed by atoms with Gasteiger partial charge in [-0.1, -0.05) is 51.1 Å². The zero-order valence-electron chi connectivity index (χ0n) is 24.2. The van der Waals surface area contributed by atoms with E-state index < -0.39 is 44.4 Å². The van der Waals surface area contributed by atoms with Crippen molar-refractivity contribution in [3.63, 3.8) is 0 Å². The Morgan fingerprint density at radius 2 is 1.82 bits per heavy atom. The summed E-state index contributed by atoms with van der Waals surface area (Å²) >= 11 is 7.56. The third-order valence-corrected chi connectivity index (χ3v) is 13.1. The van der Waals surface area contributed by atoms with Crippen LogP contribution in [0.25, 0.3) is 0 Å². The number of hydrogen-bond acceptors (Lipinski definition) is 9. The van der Waals surface area contributed by atoms with Crippen molar-refractivity contribution in [3.05, 3.63) is 5.15 Å². The molecule has 0 bridgehead atoms. The molecule has 9 nitrogen and oxygen atoms in total. The molecule has 1 aromatic rings. The number of carbonyl (C=O) groups is 1. The molecular weight excluding hydrogens is 589 g/mol. The van der Waals surface area contributed by atoms with Gasteiger partial charge in [0.05, 0.1) is 25.4 Å². The fraction of sp³-hybridized carbons (Fsp3) is 0.800. The van der Waals surface area contributed by atoms with Gasteiger partial charge in [-0.3, -0.25) is 4.79 Å². The lowest BCUT2D eigenvalue weighted by atomic mass is 10.2. The van der Waals surface area contributed by atoms with Gasteiger partial charge in [0.25, 0.3) is 0 Å². The Hall–Kier alpha value is -1.16. The van der Waals surface area contributed by atoms with Crippen LogP contribution in [0.5, 0.6) is 0 Å². The number of halogens is 4. The van der Waals surface area contributed by atoms with Crippen molar-refractivity contribution in [1.29, 1.82) is 0 Å². The lowest BCUT2D eigenvalue weighted by Crippen LogP contribution is -2.42. The SMILES string of the molecule is CCCSc1nc(Cl)c(NC(=O)C(F)(F)F)c(NC2CC(OCCO[Si](C)(C)C(C)(C)C)C3OC(C)(C)OC23)n1. The summed E-state index contributed by atoms with van der Waals surface area (Å²) in [7, 11) is -1.94. The minimum absolute atomic E-state index is 0.0323. The Labute approximate surface area is 244 Å². The maximum Gasteiger partial charge on any atom is 0.471 e. The molecule has 40 heavy (non-hydrogen) atoms. The molecule has 1 aliphatic heterocycles. The van der Waals surface area contributed by atoms with Crippen molar-refractivity contribution < 1.29 is 36.6 Å². The smallest absolute Gasteiger partial charge is 0.414 e. The number of hydrogen-bond donors (Lipinski definition) is 2. The zero-order valence-corrected chi connectivity index (χ0v) is 26.8. The normalized spacial score (nSPS) is 24.7. The summed E-state index contributed by atoms with van der Waals surface area (Å²) in [6, 6.07) is -0.463. The predicted octanol–water partition coefficient (Wildman–Crippen LogP) is 6.24. The summed E-state index contributed by atoms with van der Waals surface area (Å²) in [5.41, 5.74) is -0.355. The largest absolute Gasteiger partial charge is 0.471 e. The number of thioether (sulfide) groups is 1. The van der Waals surface area contributed by atoms with Gasteiger partial charge in [0, 0.05) is 5.75 Å². The van der Waals surface area contributed by atoms with Crippen LogP contribution < -0.4 is 10.6 Å². The van der Waals surface area contributed by atoms with Crippen LogP contribution >= 0.6 is 23.4 Å². The molecule has 0 radical (unpaired) electrons. The Bertz CT molecular complexity index is 1060. The summed E-state index contributed by atoms with van der Waals surface area (Å²) < 4.78 is 63.9. The highest BCUT2D eigenvalue weighted by molar-refractivity contribution is 7.99. The van der Waals surface area contributed by atoms with Crippen molar-refractivity contribution in [2.45, 2.75) is 114 Å². The van der Waals surface area contributed by atoms with Gasteiger partial charge in [0.2, 0.25) is 0 Å². The van der Waals surface area contributed by atoms with Gasteiger partial charge in [-0.05, 0) is 44.8 Å². The minimum atomic E-state index is -5.12. The molecule has 2 heterocycles. The zero-order chi connectivity index (χ0) is 30.1. The minimum Gasteiger partial charge on any atom is -0.414 e. The van der Waals surface area contributed by atoms with Gasteiger partial charge in [0.15, 0.2) is 30.2 Å². The lowest BCUT2D eigenvalue weighted by molar-refractivity contribution is -0.167. The quantitative estimate of drug-likeness (QED) is 0.0968. The highest BCUT2D eigenvalue weighted by atomic mass is 35.5. The number of nitrogens with one attached hydrogen (secondary N) is 2. The number of alkyl halides is 3. The van der Waals surface area contributed by atoms with Crippen molar-refractivity contribution in [1.82, 2.24) is 9.97 Å². The fourth-order valence-electron chi connectivity index (χ4n) is 4.20. The molecule has 4 unspecified atom stereocenters. The van der Waals surface area contributed by atoms with Crippen LogP contribution in [-0.4, -0.2) is 79.5 Å². The number of anilines is 2. The molecule has 3 rings (SSSR count). The van der Waals surface area contributed by atoms with Gasteiger partial charge in [0.1, 0.15) is 17.9 Å². The van der Waals surface area contributed by atoms with Crippen molar-refractivity contribution in [3.8, 4) is 0 Å². The summed E-state index contributed by atoms with van der Waals surface area (Å²) in [5.74, 6) is -2.43. The first-order valence-electron chi connectivity index (χ1n) is 13.3. The third-order valence-electron chi connectivity index (χ3n) is 7.19. The first-order chi connectivity index (χ1) is 18.3. The average Bonchev–Trinajstić information content (AvgIpc) is 3.29. The Balaban J connectivity index is 1.80. The molecule has 1 amide bonds. The number of nitrogens with zero attached hydrogens (tertiary/aromatic N) is 2. The molecule has 0 aromatic carbocycles. The highest BCUT2D eigenvalue weighted by Crippen LogP contribution is 2.42. The van der Waals surface area contributed by atoms with Crippen LogP contribution in [0.4, 0.5) is 24.7 Å². The number of amides is 1. The number of carbonyl (C=O) groups excluding carboxylic acids is 1. The fourth-order valence-corrected chi connectivity index (χ4v) is 6.19. The van der Waals surface area contributed by atoms with Gasteiger partial charge in [-0.25, -0.2) is 9.97 Å². The second kappa shape index (κ2) is 12.6. The van der Waals surface area contributed by atoms with Crippen molar-refractivity contribution in [2.75, 3.05) is 29.6 Å². The van der Waals surface area contributed by atoms with E-state index in [1.54, 1.807) is 13.8 Å². The first kappa shape index (κ1) is 33.3. The second-order valence-corrected chi connectivity index (χ2v) is 18.1. The van der Waals surface area contributed by atoms with E-state index >= 15 is 0 Å². The lowest BCUT2D eigenvalue weighted by Gasteiger charge is -2.36. The molecule has 2 fully saturated rings. The van der Waals surface area contributed by atoms with E-state index in [-0.39, 0.29) is 33.0 Å². The standard InChI is InChI=1S/C25H40ClF3N4O5SSi/c1-9-12-39-22-32-19(26)16(31-21(34)25(27,28)29)20(33-22)30-14-13-15(18-17(14)37-24(5,6)38-18)35-10-11-36-40(7,8)23(2,3)4/h14-15,17-18H,9-13H2,1-8H3,(H,31,34)(H,30,32,33). The van der Waals surface area contributed by atoms with Crippen molar-refractivity contribution in [2.24, 2.45) is 0 Å². The van der Waals surface area contributed by atoms with Gasteiger partial charge in [-0.15, -0.1) is 0 Å². The molecule has 1 aromatic heterocycles. The van der Waals surface area contributed by atoms with E-state index in [1.165, 1.54) is 11.8 Å². The Morgan fingerprint density at radius 1 is 1.18 bits per heavy atom. The predicted molar refractivity (Wildman–Crippen MR) is 151 cm³/mol. The molecule has 15 heteroatoms. The first-order valence-corrected chi connectivity index (χ1v) is 17.6. The number of fused-ring (bicyclic) bond motifs is 1. The van der Waals surface area contributed by atoms with Crippen LogP contribution in [-0.2, 0) is 23.4 Å². The molecule has 1 aliphatic carbocycles. The van der Waals surface area contributed by atoms with Crippen LogP contribution in [0.2, 0.25) is 23.3 Å². The van der Waals surface area contributed by atoms with Crippen molar-refractivity contribution >= 4 is 49.1 Å². The van der Waals surface area contributed by atoms with Gasteiger partial charge in [-0.2, -0.15) is 13.2 Å². The highest BCUT2D eigenvalue weighted by Gasteiger charge is 2.55. The van der Waals surface area contributed by atoms with E-state index in [1.807, 2.05) is 12.2 Å². The topological polar surface area (TPSA) is 104 Å². The molecule has 2 aliphatic rings. The Kier molecular flexibility index (Phi) is 10.5. The number of ether oxygens (including phenoxy) is 3. The number of rotatable bonds is 11. The van der Waals surface area contributed by atoms with E-state index in [0.717, 1.165) is 6.42 Å². The monoisotopic (exact) mass is 628 g/mol. The van der Waals surface area contributed by atoms with E-state index in [2.05, 4.69) is 49.1 Å². The molecule has 228 valence electrons. The van der Waals surface area contributed by atoms with Gasteiger partial charge < -0.3 is 29.3 Å². The maximum atomic E-state index is 13.1. The summed E-state index contributed by atoms with van der Waals surface area (Å²) in [6.45, 7) is 17.2. The van der Waals surface area contributed by atoms with Crippen LogP contribution in [0, 0.1) is 0 Å². The molecular formula is C25H40ClF3N4O5SSi. The molecule has 1 saturated heterocycles. The second-order valence-electron chi connectivity index (χ2n) is 11.9. The van der Waals surface area contributed by atoms with Crippen LogP contribution in [0.15, 0.2) is 5.16 Å². The van der Waals surface area contributed by atoms with Gasteiger partial charge >= 0.3 is 12.1 Å². The Morgan fingerprint density at radius 3 is 2.42 bits per heavy atom. The molecule has 4 atom stereocenters. The van der Waals surface area contributed by atoms with Crippen LogP contribution in [0.3, 0.4) is 0 Å². The number of aromatic nitrogens is 2. The molecule has 1 saturated carbocycles. The summed E-state index contributed by atoms with van der Waals surface area (Å²) in [5, 5.41) is 5.02. The molecule has 2 N–H and O–H groups in total. The average molecular weight is 629 g/mol. The van der Waals surface area contributed by atoms with Crippen LogP contribution in [0.1, 0.15) is 54.4 Å².